The van der Waals surface area contributed by atoms with Crippen LogP contribution >= 0.6 is 0 Å². The summed E-state index contributed by atoms with van der Waals surface area (Å²) in [5.41, 5.74) is 2.16. The monoisotopic (exact) mass is 481 g/mol. The molecule has 0 radical (unpaired) electrons. The van der Waals surface area contributed by atoms with Crippen LogP contribution in [-0.4, -0.2) is 40.1 Å². The van der Waals surface area contributed by atoms with E-state index in [0.29, 0.717) is 22.7 Å². The van der Waals surface area contributed by atoms with Crippen LogP contribution in [0.2, 0.25) is 0 Å². The Bertz CT molecular complexity index is 1250. The Morgan fingerprint density at radius 1 is 0.941 bits per heavy atom. The van der Waals surface area contributed by atoms with Crippen molar-refractivity contribution >= 4 is 33.2 Å². The highest BCUT2D eigenvalue weighted by atomic mass is 32.2. The molecule has 0 bridgehead atoms. The molecule has 2 amide bonds. The zero-order valence-corrected chi connectivity index (χ0v) is 20.0. The number of carbonyl (C=O) groups excluding carboxylic acids is 2. The highest BCUT2D eigenvalue weighted by molar-refractivity contribution is 7.92. The SMILES string of the molecule is CC(NC(=O)c1ccccc1NC(=O)COc1ccc(N(C)S(C)(=O)=O)cc1)c1ccccc1. The minimum atomic E-state index is -3.37. The van der Waals surface area contributed by atoms with Gasteiger partial charge in [-0.3, -0.25) is 13.9 Å². The summed E-state index contributed by atoms with van der Waals surface area (Å²) in [4.78, 5) is 25.3. The maximum Gasteiger partial charge on any atom is 0.262 e. The Balaban J connectivity index is 1.60. The van der Waals surface area contributed by atoms with E-state index in [1.54, 1.807) is 48.5 Å². The van der Waals surface area contributed by atoms with Gasteiger partial charge in [-0.25, -0.2) is 8.42 Å². The third kappa shape index (κ3) is 6.58. The summed E-state index contributed by atoms with van der Waals surface area (Å²) in [6, 6.07) is 22.5. The molecule has 3 aromatic carbocycles. The summed E-state index contributed by atoms with van der Waals surface area (Å²) in [6.07, 6.45) is 1.11. The predicted molar refractivity (Wildman–Crippen MR) is 133 cm³/mol. The van der Waals surface area contributed by atoms with Crippen molar-refractivity contribution in [2.24, 2.45) is 0 Å². The van der Waals surface area contributed by atoms with Gasteiger partial charge in [0.25, 0.3) is 11.8 Å². The number of amides is 2. The average Bonchev–Trinajstić information content (AvgIpc) is 2.83. The van der Waals surface area contributed by atoms with E-state index < -0.39 is 15.9 Å². The molecule has 1 atom stereocenters. The molecule has 34 heavy (non-hydrogen) atoms. The fourth-order valence-corrected chi connectivity index (χ4v) is 3.67. The van der Waals surface area contributed by atoms with Crippen LogP contribution in [0.15, 0.2) is 78.9 Å². The van der Waals surface area contributed by atoms with Crippen LogP contribution in [0.3, 0.4) is 0 Å². The molecular weight excluding hydrogens is 454 g/mol. The van der Waals surface area contributed by atoms with Crippen LogP contribution in [-0.2, 0) is 14.8 Å². The number of hydrogen-bond acceptors (Lipinski definition) is 5. The Morgan fingerprint density at radius 2 is 1.56 bits per heavy atom. The van der Waals surface area contributed by atoms with E-state index in [1.807, 2.05) is 37.3 Å². The minimum Gasteiger partial charge on any atom is -0.484 e. The Kier molecular flexibility index (Phi) is 7.91. The molecule has 0 heterocycles. The van der Waals surface area contributed by atoms with E-state index in [4.69, 9.17) is 4.74 Å². The molecule has 2 N–H and O–H groups in total. The zero-order chi connectivity index (χ0) is 24.7. The predicted octanol–water partition coefficient (Wildman–Crippen LogP) is 3.59. The minimum absolute atomic E-state index is 0.203. The lowest BCUT2D eigenvalue weighted by atomic mass is 10.1. The van der Waals surface area contributed by atoms with Crippen LogP contribution in [0.1, 0.15) is 28.9 Å². The van der Waals surface area contributed by atoms with E-state index >= 15 is 0 Å². The molecule has 0 aromatic heterocycles. The third-order valence-corrected chi connectivity index (χ3v) is 6.37. The first-order valence-corrected chi connectivity index (χ1v) is 12.4. The number of rotatable bonds is 9. The molecular formula is C25H27N3O5S. The topological polar surface area (TPSA) is 105 Å². The first-order valence-electron chi connectivity index (χ1n) is 10.6. The molecule has 178 valence electrons. The number of nitrogens with zero attached hydrogens (tertiary/aromatic N) is 1. The van der Waals surface area contributed by atoms with Gasteiger partial charge in [0.2, 0.25) is 10.0 Å². The maximum atomic E-state index is 12.8. The van der Waals surface area contributed by atoms with Gasteiger partial charge >= 0.3 is 0 Å². The number of benzene rings is 3. The van der Waals surface area contributed by atoms with E-state index in [-0.39, 0.29) is 18.6 Å². The molecule has 0 fully saturated rings. The van der Waals surface area contributed by atoms with E-state index in [1.165, 1.54) is 7.05 Å². The van der Waals surface area contributed by atoms with Crippen LogP contribution in [0.25, 0.3) is 0 Å². The molecule has 3 aromatic rings. The van der Waals surface area contributed by atoms with Crippen molar-refractivity contribution in [3.63, 3.8) is 0 Å². The highest BCUT2D eigenvalue weighted by Gasteiger charge is 2.16. The van der Waals surface area contributed by atoms with Crippen molar-refractivity contribution in [2.75, 3.05) is 29.5 Å². The standard InChI is InChI=1S/C25H27N3O5S/c1-18(19-9-5-4-6-10-19)26-25(30)22-11-7-8-12-23(22)27-24(29)17-33-21-15-13-20(14-16-21)28(2)34(3,31)32/h4-16,18H,17H2,1-3H3,(H,26,30)(H,27,29). The molecule has 0 aliphatic rings. The molecule has 0 saturated heterocycles. The quantitative estimate of drug-likeness (QED) is 0.486. The lowest BCUT2D eigenvalue weighted by molar-refractivity contribution is -0.118. The van der Waals surface area contributed by atoms with Gasteiger partial charge in [0.1, 0.15) is 5.75 Å². The summed E-state index contributed by atoms with van der Waals surface area (Å²) < 4.78 is 29.9. The molecule has 0 saturated carbocycles. The normalized spacial score (nSPS) is 11.9. The van der Waals surface area contributed by atoms with Gasteiger partial charge in [-0.05, 0) is 48.9 Å². The Hall–Kier alpha value is -3.85. The van der Waals surface area contributed by atoms with E-state index in [2.05, 4.69) is 10.6 Å². The van der Waals surface area contributed by atoms with Gasteiger partial charge in [0.05, 0.1) is 29.2 Å². The van der Waals surface area contributed by atoms with Crippen LogP contribution in [0, 0.1) is 0 Å². The number of anilines is 2. The summed E-state index contributed by atoms with van der Waals surface area (Å²) in [5, 5.41) is 5.65. The summed E-state index contributed by atoms with van der Waals surface area (Å²) in [5.74, 6) is -0.337. The van der Waals surface area contributed by atoms with Crippen LogP contribution in [0.4, 0.5) is 11.4 Å². The molecule has 1 unspecified atom stereocenters. The fraction of sp³-hybridized carbons (Fsp3) is 0.200. The number of sulfonamides is 1. The molecule has 0 spiro atoms. The molecule has 0 aliphatic carbocycles. The Labute approximate surface area is 199 Å². The van der Waals surface area contributed by atoms with Gasteiger partial charge in [-0.1, -0.05) is 42.5 Å². The van der Waals surface area contributed by atoms with Crippen molar-refractivity contribution in [2.45, 2.75) is 13.0 Å². The molecule has 8 nitrogen and oxygen atoms in total. The lowest BCUT2D eigenvalue weighted by Gasteiger charge is -2.17. The number of ether oxygens (including phenoxy) is 1. The Morgan fingerprint density at radius 3 is 2.21 bits per heavy atom. The zero-order valence-electron chi connectivity index (χ0n) is 19.2. The maximum absolute atomic E-state index is 12.8. The van der Waals surface area contributed by atoms with Crippen molar-refractivity contribution in [1.29, 1.82) is 0 Å². The summed E-state index contributed by atoms with van der Waals surface area (Å²) in [6.45, 7) is 1.61. The second-order valence-corrected chi connectivity index (χ2v) is 9.73. The van der Waals surface area contributed by atoms with Gasteiger partial charge in [-0.2, -0.15) is 0 Å². The number of hydrogen-bond donors (Lipinski definition) is 2. The molecule has 0 aliphatic heterocycles. The highest BCUT2D eigenvalue weighted by Crippen LogP contribution is 2.21. The first-order chi connectivity index (χ1) is 16.1. The largest absolute Gasteiger partial charge is 0.484 e. The number of nitrogens with one attached hydrogen (secondary N) is 2. The second-order valence-electron chi connectivity index (χ2n) is 7.71. The van der Waals surface area contributed by atoms with Gasteiger partial charge in [0, 0.05) is 7.05 Å². The van der Waals surface area contributed by atoms with Crippen molar-refractivity contribution in [1.82, 2.24) is 5.32 Å². The van der Waals surface area contributed by atoms with Crippen molar-refractivity contribution in [3.8, 4) is 5.75 Å². The van der Waals surface area contributed by atoms with Crippen LogP contribution < -0.4 is 19.7 Å². The fourth-order valence-electron chi connectivity index (χ4n) is 3.17. The van der Waals surface area contributed by atoms with E-state index in [0.717, 1.165) is 16.1 Å². The second kappa shape index (κ2) is 10.8. The first kappa shape index (κ1) is 24.8. The number of para-hydroxylation sites is 1. The van der Waals surface area contributed by atoms with Crippen molar-refractivity contribution in [3.05, 3.63) is 90.0 Å². The average molecular weight is 482 g/mol. The molecule has 9 heteroatoms. The number of carbonyl (C=O) groups is 2. The van der Waals surface area contributed by atoms with Gasteiger partial charge in [0.15, 0.2) is 6.61 Å². The third-order valence-electron chi connectivity index (χ3n) is 5.16. The smallest absolute Gasteiger partial charge is 0.262 e. The van der Waals surface area contributed by atoms with Gasteiger partial charge in [-0.15, -0.1) is 0 Å². The van der Waals surface area contributed by atoms with E-state index in [9.17, 15) is 18.0 Å². The summed E-state index contributed by atoms with van der Waals surface area (Å²) in [7, 11) is -1.92. The molecule has 3 rings (SSSR count). The lowest BCUT2D eigenvalue weighted by Crippen LogP contribution is -2.28. The summed E-state index contributed by atoms with van der Waals surface area (Å²) >= 11 is 0. The van der Waals surface area contributed by atoms with Crippen molar-refractivity contribution < 1.29 is 22.7 Å². The van der Waals surface area contributed by atoms with Crippen LogP contribution in [0.5, 0.6) is 5.75 Å². The van der Waals surface area contributed by atoms with Gasteiger partial charge < -0.3 is 15.4 Å².